The molecule has 0 radical (unpaired) electrons. The molecule has 0 saturated heterocycles. The van der Waals surface area contributed by atoms with Gasteiger partial charge in [-0.15, -0.1) is 16.8 Å². The van der Waals surface area contributed by atoms with Gasteiger partial charge in [-0.2, -0.15) is 0 Å². The SMILES string of the molecule is C=CCn1c(SCC(O)c2ccccc2)nnc1-c1ccco1. The number of aliphatic hydroxyl groups is 1. The second kappa shape index (κ2) is 7.30. The maximum absolute atomic E-state index is 10.3. The summed E-state index contributed by atoms with van der Waals surface area (Å²) in [5.74, 6) is 1.82. The van der Waals surface area contributed by atoms with E-state index in [4.69, 9.17) is 4.42 Å². The molecular weight excluding hydrogens is 310 g/mol. The molecule has 3 aromatic rings. The highest BCUT2D eigenvalue weighted by atomic mass is 32.2. The number of furan rings is 1. The molecule has 0 aliphatic heterocycles. The number of aromatic nitrogens is 3. The van der Waals surface area contributed by atoms with Crippen LogP contribution in [0.15, 0.2) is 71.0 Å². The molecular formula is C17H17N3O2S. The Morgan fingerprint density at radius 3 is 2.74 bits per heavy atom. The molecule has 1 unspecified atom stereocenters. The number of hydrogen-bond donors (Lipinski definition) is 1. The minimum absolute atomic E-state index is 0.497. The van der Waals surface area contributed by atoms with Gasteiger partial charge in [0.25, 0.3) is 0 Å². The molecule has 118 valence electrons. The minimum atomic E-state index is -0.554. The maximum atomic E-state index is 10.3. The van der Waals surface area contributed by atoms with Crippen molar-refractivity contribution in [3.63, 3.8) is 0 Å². The molecule has 1 N–H and O–H groups in total. The van der Waals surface area contributed by atoms with Gasteiger partial charge in [-0.25, -0.2) is 0 Å². The molecule has 2 aromatic heterocycles. The molecule has 23 heavy (non-hydrogen) atoms. The summed E-state index contributed by atoms with van der Waals surface area (Å²) in [6.45, 7) is 4.35. The third-order valence-corrected chi connectivity index (χ3v) is 4.37. The summed E-state index contributed by atoms with van der Waals surface area (Å²) in [7, 11) is 0. The van der Waals surface area contributed by atoms with Crippen LogP contribution in [0, 0.1) is 0 Å². The lowest BCUT2D eigenvalue weighted by molar-refractivity contribution is 0.204. The van der Waals surface area contributed by atoms with E-state index in [2.05, 4.69) is 16.8 Å². The molecule has 2 heterocycles. The van der Waals surface area contributed by atoms with Gasteiger partial charge in [-0.05, 0) is 17.7 Å². The van der Waals surface area contributed by atoms with Gasteiger partial charge in [-0.1, -0.05) is 48.2 Å². The number of aliphatic hydroxyl groups excluding tert-OH is 1. The molecule has 1 atom stereocenters. The molecule has 5 nitrogen and oxygen atoms in total. The van der Waals surface area contributed by atoms with Crippen molar-refractivity contribution in [2.45, 2.75) is 17.8 Å². The summed E-state index contributed by atoms with van der Waals surface area (Å²) in [4.78, 5) is 0. The summed E-state index contributed by atoms with van der Waals surface area (Å²) in [6.07, 6.45) is 2.84. The fraction of sp³-hybridized carbons (Fsp3) is 0.176. The van der Waals surface area contributed by atoms with E-state index in [0.29, 0.717) is 23.9 Å². The van der Waals surface area contributed by atoms with E-state index in [1.807, 2.05) is 47.0 Å². The third kappa shape index (κ3) is 3.55. The Bertz CT molecular complexity index is 754. The van der Waals surface area contributed by atoms with E-state index in [-0.39, 0.29) is 0 Å². The van der Waals surface area contributed by atoms with Gasteiger partial charge in [0.1, 0.15) is 0 Å². The van der Waals surface area contributed by atoms with E-state index in [1.54, 1.807) is 12.3 Å². The van der Waals surface area contributed by atoms with Gasteiger partial charge in [0.2, 0.25) is 5.82 Å². The van der Waals surface area contributed by atoms with Crippen LogP contribution in [-0.2, 0) is 6.54 Å². The highest BCUT2D eigenvalue weighted by Gasteiger charge is 2.17. The zero-order valence-electron chi connectivity index (χ0n) is 12.5. The summed E-state index contributed by atoms with van der Waals surface area (Å²) in [5.41, 5.74) is 0.890. The predicted molar refractivity (Wildman–Crippen MR) is 90.0 cm³/mol. The standard InChI is InChI=1S/C17H17N3O2S/c1-2-10-20-16(15-9-6-11-22-15)18-19-17(20)23-12-14(21)13-7-4-3-5-8-13/h2-9,11,14,21H,1,10,12H2. The fourth-order valence-electron chi connectivity index (χ4n) is 2.20. The molecule has 0 fully saturated rings. The quantitative estimate of drug-likeness (QED) is 0.531. The highest BCUT2D eigenvalue weighted by Crippen LogP contribution is 2.27. The Kier molecular flexibility index (Phi) is 4.95. The van der Waals surface area contributed by atoms with Crippen molar-refractivity contribution in [3.8, 4) is 11.6 Å². The molecule has 6 heteroatoms. The van der Waals surface area contributed by atoms with Crippen molar-refractivity contribution in [1.82, 2.24) is 14.8 Å². The van der Waals surface area contributed by atoms with Gasteiger partial charge >= 0.3 is 0 Å². The normalized spacial score (nSPS) is 12.2. The van der Waals surface area contributed by atoms with Crippen LogP contribution in [0.3, 0.4) is 0 Å². The van der Waals surface area contributed by atoms with Crippen LogP contribution < -0.4 is 0 Å². The second-order valence-electron chi connectivity index (χ2n) is 4.92. The van der Waals surface area contributed by atoms with Gasteiger partial charge < -0.3 is 9.52 Å². The Morgan fingerprint density at radius 2 is 2.04 bits per heavy atom. The minimum Gasteiger partial charge on any atom is -0.461 e. The van der Waals surface area contributed by atoms with E-state index >= 15 is 0 Å². The van der Waals surface area contributed by atoms with Crippen molar-refractivity contribution in [1.29, 1.82) is 0 Å². The molecule has 0 amide bonds. The van der Waals surface area contributed by atoms with Gasteiger partial charge in [0.05, 0.1) is 12.4 Å². The van der Waals surface area contributed by atoms with Crippen LogP contribution in [0.5, 0.6) is 0 Å². The van der Waals surface area contributed by atoms with Crippen LogP contribution in [0.4, 0.5) is 0 Å². The van der Waals surface area contributed by atoms with Crippen LogP contribution >= 0.6 is 11.8 Å². The van der Waals surface area contributed by atoms with Gasteiger partial charge in [0.15, 0.2) is 10.9 Å². The fourth-order valence-corrected chi connectivity index (χ4v) is 3.12. The number of thioether (sulfide) groups is 1. The maximum Gasteiger partial charge on any atom is 0.200 e. The number of nitrogens with zero attached hydrogens (tertiary/aromatic N) is 3. The average Bonchev–Trinajstić information content (AvgIpc) is 3.23. The van der Waals surface area contributed by atoms with Crippen molar-refractivity contribution < 1.29 is 9.52 Å². The Hall–Kier alpha value is -2.31. The third-order valence-electron chi connectivity index (χ3n) is 3.32. The van der Waals surface area contributed by atoms with Crippen LogP contribution in [-0.4, -0.2) is 25.6 Å². The summed E-state index contributed by atoms with van der Waals surface area (Å²) >= 11 is 1.46. The number of hydrogen-bond acceptors (Lipinski definition) is 5. The topological polar surface area (TPSA) is 64.1 Å². The first kappa shape index (κ1) is 15.6. The predicted octanol–water partition coefficient (Wildman–Crippen LogP) is 3.55. The van der Waals surface area contributed by atoms with Crippen molar-refractivity contribution >= 4 is 11.8 Å². The van der Waals surface area contributed by atoms with E-state index in [1.165, 1.54) is 11.8 Å². The largest absolute Gasteiger partial charge is 0.461 e. The first-order chi connectivity index (χ1) is 11.3. The molecule has 0 aliphatic rings. The lowest BCUT2D eigenvalue weighted by Gasteiger charge is -2.11. The average molecular weight is 327 g/mol. The van der Waals surface area contributed by atoms with Crippen LogP contribution in [0.25, 0.3) is 11.6 Å². The lowest BCUT2D eigenvalue weighted by Crippen LogP contribution is -2.04. The zero-order chi connectivity index (χ0) is 16.1. The first-order valence-electron chi connectivity index (χ1n) is 7.23. The molecule has 3 rings (SSSR count). The lowest BCUT2D eigenvalue weighted by atomic mass is 10.1. The summed E-state index contributed by atoms with van der Waals surface area (Å²) in [6, 6.07) is 13.2. The first-order valence-corrected chi connectivity index (χ1v) is 8.22. The van der Waals surface area contributed by atoms with E-state index in [9.17, 15) is 5.11 Å². The molecule has 0 spiro atoms. The monoisotopic (exact) mass is 327 g/mol. The molecule has 0 aliphatic carbocycles. The van der Waals surface area contributed by atoms with Crippen molar-refractivity contribution in [3.05, 3.63) is 66.9 Å². The van der Waals surface area contributed by atoms with E-state index in [0.717, 1.165) is 10.7 Å². The number of benzene rings is 1. The van der Waals surface area contributed by atoms with Crippen LogP contribution in [0.2, 0.25) is 0 Å². The number of allylic oxidation sites excluding steroid dienone is 1. The number of rotatable bonds is 7. The Morgan fingerprint density at radius 1 is 1.22 bits per heavy atom. The summed E-state index contributed by atoms with van der Waals surface area (Å²) in [5, 5.41) is 19.4. The summed E-state index contributed by atoms with van der Waals surface area (Å²) < 4.78 is 7.32. The van der Waals surface area contributed by atoms with E-state index < -0.39 is 6.10 Å². The van der Waals surface area contributed by atoms with Gasteiger partial charge in [-0.3, -0.25) is 4.57 Å². The highest BCUT2D eigenvalue weighted by molar-refractivity contribution is 7.99. The van der Waals surface area contributed by atoms with Crippen molar-refractivity contribution in [2.75, 3.05) is 5.75 Å². The molecule has 0 saturated carbocycles. The van der Waals surface area contributed by atoms with Crippen LogP contribution in [0.1, 0.15) is 11.7 Å². The smallest absolute Gasteiger partial charge is 0.200 e. The molecule has 0 bridgehead atoms. The second-order valence-corrected chi connectivity index (χ2v) is 5.91. The molecule has 1 aromatic carbocycles. The zero-order valence-corrected chi connectivity index (χ0v) is 13.3. The van der Waals surface area contributed by atoms with Gasteiger partial charge in [0, 0.05) is 12.3 Å². The Labute approximate surface area is 138 Å². The Balaban J connectivity index is 1.76. The van der Waals surface area contributed by atoms with Crippen molar-refractivity contribution in [2.24, 2.45) is 0 Å².